The summed E-state index contributed by atoms with van der Waals surface area (Å²) in [5.41, 5.74) is 0.798. The number of benzene rings is 1. The third kappa shape index (κ3) is 3.66. The van der Waals surface area contributed by atoms with Crippen LogP contribution in [0.3, 0.4) is 0 Å². The number of nitrogens with zero attached hydrogens (tertiary/aromatic N) is 1. The minimum absolute atomic E-state index is 0.0503. The van der Waals surface area contributed by atoms with E-state index in [9.17, 15) is 18.7 Å². The molecule has 0 bridgehead atoms. The fourth-order valence-corrected chi connectivity index (χ4v) is 2.25. The van der Waals surface area contributed by atoms with E-state index in [0.717, 1.165) is 10.5 Å². The van der Waals surface area contributed by atoms with Gasteiger partial charge in [0.25, 0.3) is 6.43 Å². The number of rotatable bonds is 3. The standard InChI is InChI=1S/C14H17F2NO3/c15-13(16)12-8-11(18)6-7-17(12)14(19)20-9-10-4-2-1-3-5-10/h1-5,11-13,18H,6-9H2. The minimum Gasteiger partial charge on any atom is -0.445 e. The maximum Gasteiger partial charge on any atom is 0.410 e. The van der Waals surface area contributed by atoms with Crippen molar-refractivity contribution in [2.45, 2.75) is 38.0 Å². The first-order chi connectivity index (χ1) is 9.58. The van der Waals surface area contributed by atoms with Crippen LogP contribution in [0.15, 0.2) is 30.3 Å². The van der Waals surface area contributed by atoms with Crippen molar-refractivity contribution in [3.63, 3.8) is 0 Å². The van der Waals surface area contributed by atoms with Gasteiger partial charge in [-0.25, -0.2) is 13.6 Å². The number of likely N-dealkylation sites (tertiary alicyclic amines) is 1. The molecule has 1 aromatic carbocycles. The first-order valence-electron chi connectivity index (χ1n) is 6.51. The lowest BCUT2D eigenvalue weighted by molar-refractivity contribution is -0.0344. The van der Waals surface area contributed by atoms with E-state index < -0.39 is 24.7 Å². The molecule has 1 N–H and O–H groups in total. The Hall–Kier alpha value is -1.69. The molecule has 1 aliphatic heterocycles. The van der Waals surface area contributed by atoms with Gasteiger partial charge in [-0.3, -0.25) is 4.90 Å². The van der Waals surface area contributed by atoms with Gasteiger partial charge < -0.3 is 9.84 Å². The second kappa shape index (κ2) is 6.65. The van der Waals surface area contributed by atoms with E-state index in [1.54, 1.807) is 12.1 Å². The van der Waals surface area contributed by atoms with E-state index >= 15 is 0 Å². The normalized spacial score (nSPS) is 22.9. The number of aliphatic hydroxyl groups is 1. The number of piperidine rings is 1. The molecule has 2 unspecified atom stereocenters. The monoisotopic (exact) mass is 285 g/mol. The third-order valence-electron chi connectivity index (χ3n) is 3.35. The molecule has 1 aliphatic rings. The smallest absolute Gasteiger partial charge is 0.410 e. The number of hydrogen-bond donors (Lipinski definition) is 1. The zero-order chi connectivity index (χ0) is 14.5. The molecule has 20 heavy (non-hydrogen) atoms. The van der Waals surface area contributed by atoms with Crippen molar-refractivity contribution in [2.75, 3.05) is 6.54 Å². The number of hydrogen-bond acceptors (Lipinski definition) is 3. The Kier molecular flexibility index (Phi) is 4.89. The van der Waals surface area contributed by atoms with Gasteiger partial charge in [0.05, 0.1) is 12.1 Å². The van der Waals surface area contributed by atoms with Gasteiger partial charge >= 0.3 is 6.09 Å². The summed E-state index contributed by atoms with van der Waals surface area (Å²) >= 11 is 0. The fourth-order valence-electron chi connectivity index (χ4n) is 2.25. The zero-order valence-corrected chi connectivity index (χ0v) is 10.9. The number of aliphatic hydroxyl groups excluding tert-OH is 1. The Morgan fingerprint density at radius 1 is 1.40 bits per heavy atom. The van der Waals surface area contributed by atoms with Gasteiger partial charge in [-0.15, -0.1) is 0 Å². The topological polar surface area (TPSA) is 49.8 Å². The Bertz CT molecular complexity index is 441. The molecule has 1 amide bonds. The molecular formula is C14H17F2NO3. The van der Waals surface area contributed by atoms with Gasteiger partial charge in [-0.1, -0.05) is 30.3 Å². The molecule has 2 atom stereocenters. The number of ether oxygens (including phenoxy) is 1. The van der Waals surface area contributed by atoms with Crippen molar-refractivity contribution >= 4 is 6.09 Å². The Labute approximate surface area is 116 Å². The second-order valence-corrected chi connectivity index (χ2v) is 4.81. The molecule has 0 aliphatic carbocycles. The average molecular weight is 285 g/mol. The molecule has 6 heteroatoms. The van der Waals surface area contributed by atoms with Crippen LogP contribution in [-0.2, 0) is 11.3 Å². The van der Waals surface area contributed by atoms with E-state index in [0.29, 0.717) is 6.42 Å². The number of carbonyl (C=O) groups excluding carboxylic acids is 1. The fraction of sp³-hybridized carbons (Fsp3) is 0.500. The SMILES string of the molecule is O=C(OCc1ccccc1)N1CCC(O)CC1C(F)F. The summed E-state index contributed by atoms with van der Waals surface area (Å²) < 4.78 is 30.9. The average Bonchev–Trinajstić information content (AvgIpc) is 2.45. The van der Waals surface area contributed by atoms with Gasteiger partial charge in [0.1, 0.15) is 6.61 Å². The molecule has 1 fully saturated rings. The molecule has 0 radical (unpaired) electrons. The molecule has 2 rings (SSSR count). The van der Waals surface area contributed by atoms with Gasteiger partial charge in [0.2, 0.25) is 0 Å². The maximum absolute atomic E-state index is 12.9. The van der Waals surface area contributed by atoms with E-state index in [4.69, 9.17) is 4.74 Å². The molecule has 110 valence electrons. The quantitative estimate of drug-likeness (QED) is 0.928. The highest BCUT2D eigenvalue weighted by molar-refractivity contribution is 5.68. The first-order valence-corrected chi connectivity index (χ1v) is 6.51. The number of alkyl halides is 2. The molecule has 0 spiro atoms. The molecule has 0 saturated carbocycles. The minimum atomic E-state index is -2.69. The van der Waals surface area contributed by atoms with Crippen LogP contribution in [0, 0.1) is 0 Å². The van der Waals surface area contributed by atoms with Gasteiger partial charge in [-0.05, 0) is 18.4 Å². The zero-order valence-electron chi connectivity index (χ0n) is 10.9. The number of amides is 1. The van der Waals surface area contributed by atoms with E-state index in [-0.39, 0.29) is 19.6 Å². The third-order valence-corrected chi connectivity index (χ3v) is 3.35. The van der Waals surface area contributed by atoms with Crippen LogP contribution in [0.25, 0.3) is 0 Å². The summed E-state index contributed by atoms with van der Waals surface area (Å²) in [5.74, 6) is 0. The van der Waals surface area contributed by atoms with E-state index in [2.05, 4.69) is 0 Å². The lowest BCUT2D eigenvalue weighted by Gasteiger charge is -2.36. The summed E-state index contributed by atoms with van der Waals surface area (Å²) in [6.45, 7) is 0.137. The van der Waals surface area contributed by atoms with E-state index in [1.165, 1.54) is 0 Å². The highest BCUT2D eigenvalue weighted by Gasteiger charge is 2.37. The molecule has 1 aromatic rings. The molecule has 0 aromatic heterocycles. The lowest BCUT2D eigenvalue weighted by atomic mass is 10.0. The van der Waals surface area contributed by atoms with Crippen LogP contribution < -0.4 is 0 Å². The Morgan fingerprint density at radius 2 is 2.10 bits per heavy atom. The van der Waals surface area contributed by atoms with Gasteiger partial charge in [0, 0.05) is 6.54 Å². The van der Waals surface area contributed by atoms with E-state index in [1.807, 2.05) is 18.2 Å². The van der Waals surface area contributed by atoms with Crippen LogP contribution >= 0.6 is 0 Å². The Morgan fingerprint density at radius 3 is 2.75 bits per heavy atom. The van der Waals surface area contributed by atoms with Gasteiger partial charge in [-0.2, -0.15) is 0 Å². The first kappa shape index (κ1) is 14.7. The summed E-state index contributed by atoms with van der Waals surface area (Å²) in [5, 5.41) is 9.42. The van der Waals surface area contributed by atoms with Crippen molar-refractivity contribution in [1.82, 2.24) is 4.90 Å². The number of carbonyl (C=O) groups is 1. The van der Waals surface area contributed by atoms with Crippen LogP contribution in [-0.4, -0.2) is 41.2 Å². The largest absolute Gasteiger partial charge is 0.445 e. The van der Waals surface area contributed by atoms with Crippen LogP contribution in [0.5, 0.6) is 0 Å². The Balaban J connectivity index is 1.93. The van der Waals surface area contributed by atoms with Crippen molar-refractivity contribution in [3.8, 4) is 0 Å². The van der Waals surface area contributed by atoms with Crippen molar-refractivity contribution < 1.29 is 23.4 Å². The summed E-state index contributed by atoms with van der Waals surface area (Å²) in [7, 11) is 0. The summed E-state index contributed by atoms with van der Waals surface area (Å²) in [4.78, 5) is 12.9. The maximum atomic E-state index is 12.9. The highest BCUT2D eigenvalue weighted by Crippen LogP contribution is 2.23. The molecule has 4 nitrogen and oxygen atoms in total. The predicted molar refractivity (Wildman–Crippen MR) is 68.4 cm³/mol. The lowest BCUT2D eigenvalue weighted by Crippen LogP contribution is -2.51. The van der Waals surface area contributed by atoms with Crippen LogP contribution in [0.2, 0.25) is 0 Å². The van der Waals surface area contributed by atoms with Crippen LogP contribution in [0.4, 0.5) is 13.6 Å². The van der Waals surface area contributed by atoms with Gasteiger partial charge in [0.15, 0.2) is 0 Å². The second-order valence-electron chi connectivity index (χ2n) is 4.81. The van der Waals surface area contributed by atoms with Crippen molar-refractivity contribution in [2.24, 2.45) is 0 Å². The summed E-state index contributed by atoms with van der Waals surface area (Å²) in [6.07, 6.45) is -4.05. The molecular weight excluding hydrogens is 268 g/mol. The van der Waals surface area contributed by atoms with Crippen LogP contribution in [0.1, 0.15) is 18.4 Å². The number of halogens is 2. The van der Waals surface area contributed by atoms with Crippen molar-refractivity contribution in [3.05, 3.63) is 35.9 Å². The van der Waals surface area contributed by atoms with Crippen molar-refractivity contribution in [1.29, 1.82) is 0 Å². The molecule has 1 heterocycles. The molecule has 1 saturated heterocycles. The summed E-state index contributed by atoms with van der Waals surface area (Å²) in [6, 6.07) is 7.76. The predicted octanol–water partition coefficient (Wildman–Crippen LogP) is 2.41. The highest BCUT2D eigenvalue weighted by atomic mass is 19.3.